The maximum absolute atomic E-state index is 3.89. The summed E-state index contributed by atoms with van der Waals surface area (Å²) in [5.41, 5.74) is 0. The van der Waals surface area contributed by atoms with Gasteiger partial charge < -0.3 is 0 Å². The van der Waals surface area contributed by atoms with Crippen LogP contribution < -0.4 is 0 Å². The summed E-state index contributed by atoms with van der Waals surface area (Å²) in [5.74, 6) is 0.985. The lowest BCUT2D eigenvalue weighted by molar-refractivity contribution is 0.534. The second-order valence-electron chi connectivity index (χ2n) is 2.53. The van der Waals surface area contributed by atoms with E-state index in [0.717, 1.165) is 25.2 Å². The monoisotopic (exact) mass is 154 g/mol. The fourth-order valence-corrected chi connectivity index (χ4v) is 0.958. The highest BCUT2D eigenvalue weighted by molar-refractivity contribution is 4.78. The molecular formula is C7H14N4. The molecule has 0 spiro atoms. The molecule has 1 aromatic rings. The van der Waals surface area contributed by atoms with Crippen LogP contribution in [0, 0.1) is 0 Å². The van der Waals surface area contributed by atoms with Crippen molar-refractivity contribution in [3.8, 4) is 0 Å². The van der Waals surface area contributed by atoms with Crippen LogP contribution in [0.4, 0.5) is 0 Å². The highest BCUT2D eigenvalue weighted by atomic mass is 15.5. The van der Waals surface area contributed by atoms with Gasteiger partial charge in [-0.2, -0.15) is 0 Å². The van der Waals surface area contributed by atoms with Gasteiger partial charge in [-0.15, -0.1) is 5.10 Å². The molecule has 4 heteroatoms. The molecule has 1 heterocycles. The third kappa shape index (κ3) is 2.00. The van der Waals surface area contributed by atoms with Crippen molar-refractivity contribution in [3.63, 3.8) is 0 Å². The van der Waals surface area contributed by atoms with Gasteiger partial charge in [-0.1, -0.05) is 20.3 Å². The van der Waals surface area contributed by atoms with Crippen LogP contribution in [0.3, 0.4) is 0 Å². The Kier molecular flexibility index (Phi) is 3.01. The average molecular weight is 154 g/mol. The lowest BCUT2D eigenvalue weighted by Gasteiger charge is -1.99. The van der Waals surface area contributed by atoms with Gasteiger partial charge in [-0.3, -0.25) is 0 Å². The molecule has 0 aliphatic heterocycles. The van der Waals surface area contributed by atoms with Crippen LogP contribution in [0.15, 0.2) is 0 Å². The van der Waals surface area contributed by atoms with Crippen molar-refractivity contribution in [1.29, 1.82) is 0 Å². The van der Waals surface area contributed by atoms with Gasteiger partial charge in [0.1, 0.15) is 0 Å². The standard InChI is InChI=1S/C7H14N4/c1-3-5-6-11-7(4-2)8-9-10-11/h3-6H2,1-2H3. The van der Waals surface area contributed by atoms with Crippen LogP contribution >= 0.6 is 0 Å². The Labute approximate surface area is 66.6 Å². The molecule has 0 amide bonds. The zero-order chi connectivity index (χ0) is 8.10. The molecule has 62 valence electrons. The molecule has 0 saturated carbocycles. The van der Waals surface area contributed by atoms with Crippen molar-refractivity contribution >= 4 is 0 Å². The van der Waals surface area contributed by atoms with E-state index in [1.165, 1.54) is 6.42 Å². The smallest absolute Gasteiger partial charge is 0.150 e. The Morgan fingerprint density at radius 3 is 2.82 bits per heavy atom. The second-order valence-corrected chi connectivity index (χ2v) is 2.53. The van der Waals surface area contributed by atoms with E-state index in [4.69, 9.17) is 0 Å². The van der Waals surface area contributed by atoms with Gasteiger partial charge in [0, 0.05) is 13.0 Å². The van der Waals surface area contributed by atoms with E-state index in [1.807, 2.05) is 4.68 Å². The highest BCUT2D eigenvalue weighted by Gasteiger charge is 2.00. The summed E-state index contributed by atoms with van der Waals surface area (Å²) in [6.07, 6.45) is 3.25. The van der Waals surface area contributed by atoms with Gasteiger partial charge in [-0.25, -0.2) is 4.68 Å². The molecular weight excluding hydrogens is 140 g/mol. The quantitative estimate of drug-likeness (QED) is 0.650. The van der Waals surface area contributed by atoms with Crippen LogP contribution in [0.1, 0.15) is 32.5 Å². The van der Waals surface area contributed by atoms with Crippen molar-refractivity contribution in [2.45, 2.75) is 39.7 Å². The van der Waals surface area contributed by atoms with Crippen LogP contribution in [0.25, 0.3) is 0 Å². The maximum atomic E-state index is 3.89. The molecule has 0 aromatic carbocycles. The minimum Gasteiger partial charge on any atom is -0.230 e. The number of aryl methyl sites for hydroxylation is 2. The van der Waals surface area contributed by atoms with E-state index < -0.39 is 0 Å². The number of aromatic nitrogens is 4. The molecule has 1 rings (SSSR count). The van der Waals surface area contributed by atoms with Crippen molar-refractivity contribution in [1.82, 2.24) is 20.2 Å². The Morgan fingerprint density at radius 1 is 1.36 bits per heavy atom. The number of nitrogens with zero attached hydrogens (tertiary/aromatic N) is 4. The Bertz CT molecular complexity index is 206. The first-order chi connectivity index (χ1) is 5.38. The topological polar surface area (TPSA) is 43.6 Å². The fourth-order valence-electron chi connectivity index (χ4n) is 0.958. The van der Waals surface area contributed by atoms with Crippen molar-refractivity contribution < 1.29 is 0 Å². The summed E-state index contributed by atoms with van der Waals surface area (Å²) in [6, 6.07) is 0. The van der Waals surface area contributed by atoms with E-state index in [9.17, 15) is 0 Å². The summed E-state index contributed by atoms with van der Waals surface area (Å²) < 4.78 is 1.88. The Balaban J connectivity index is 2.54. The van der Waals surface area contributed by atoms with E-state index in [2.05, 4.69) is 29.4 Å². The minimum atomic E-state index is 0.913. The number of tetrazole rings is 1. The predicted molar refractivity (Wildman–Crippen MR) is 42.1 cm³/mol. The summed E-state index contributed by atoms with van der Waals surface area (Å²) in [6.45, 7) is 5.18. The summed E-state index contributed by atoms with van der Waals surface area (Å²) in [4.78, 5) is 0. The molecule has 0 bridgehead atoms. The van der Waals surface area contributed by atoms with Gasteiger partial charge in [0.25, 0.3) is 0 Å². The molecule has 0 saturated heterocycles. The molecule has 0 unspecified atom stereocenters. The van der Waals surface area contributed by atoms with Crippen molar-refractivity contribution in [2.24, 2.45) is 0 Å². The van der Waals surface area contributed by atoms with Crippen LogP contribution in [0.2, 0.25) is 0 Å². The molecule has 0 fully saturated rings. The van der Waals surface area contributed by atoms with Gasteiger partial charge in [0.2, 0.25) is 0 Å². The average Bonchev–Trinajstić information content (AvgIpc) is 2.47. The first kappa shape index (κ1) is 8.17. The molecule has 0 radical (unpaired) electrons. The van der Waals surface area contributed by atoms with E-state index >= 15 is 0 Å². The highest BCUT2D eigenvalue weighted by Crippen LogP contribution is 1.96. The lowest BCUT2D eigenvalue weighted by atomic mass is 10.3. The number of unbranched alkanes of at least 4 members (excludes halogenated alkanes) is 1. The zero-order valence-corrected chi connectivity index (χ0v) is 7.12. The molecule has 0 atom stereocenters. The number of hydrogen-bond donors (Lipinski definition) is 0. The van der Waals surface area contributed by atoms with Crippen LogP contribution in [0.5, 0.6) is 0 Å². The minimum absolute atomic E-state index is 0.913. The van der Waals surface area contributed by atoms with Gasteiger partial charge >= 0.3 is 0 Å². The summed E-state index contributed by atoms with van der Waals surface area (Å²) in [5, 5.41) is 11.4. The normalized spacial score (nSPS) is 10.4. The number of rotatable bonds is 4. The fraction of sp³-hybridized carbons (Fsp3) is 0.857. The molecule has 0 N–H and O–H groups in total. The van der Waals surface area contributed by atoms with Crippen molar-refractivity contribution in [2.75, 3.05) is 0 Å². The largest absolute Gasteiger partial charge is 0.230 e. The zero-order valence-electron chi connectivity index (χ0n) is 7.12. The van der Waals surface area contributed by atoms with E-state index in [1.54, 1.807) is 0 Å². The second kappa shape index (κ2) is 4.05. The van der Waals surface area contributed by atoms with E-state index in [-0.39, 0.29) is 0 Å². The Hall–Kier alpha value is -0.930. The van der Waals surface area contributed by atoms with Gasteiger partial charge in [0.15, 0.2) is 5.82 Å². The molecule has 11 heavy (non-hydrogen) atoms. The van der Waals surface area contributed by atoms with E-state index in [0.29, 0.717) is 0 Å². The molecule has 1 aromatic heterocycles. The number of hydrogen-bond acceptors (Lipinski definition) is 3. The van der Waals surface area contributed by atoms with Gasteiger partial charge in [-0.05, 0) is 16.8 Å². The lowest BCUT2D eigenvalue weighted by Crippen LogP contribution is -2.04. The third-order valence-corrected chi connectivity index (χ3v) is 1.65. The van der Waals surface area contributed by atoms with Gasteiger partial charge in [0.05, 0.1) is 0 Å². The first-order valence-electron chi connectivity index (χ1n) is 4.13. The maximum Gasteiger partial charge on any atom is 0.150 e. The molecule has 4 nitrogen and oxygen atoms in total. The SMILES string of the molecule is CCCCn1nnnc1CC. The van der Waals surface area contributed by atoms with Crippen LogP contribution in [-0.2, 0) is 13.0 Å². The Morgan fingerprint density at radius 2 is 2.18 bits per heavy atom. The first-order valence-corrected chi connectivity index (χ1v) is 4.13. The molecule has 0 aliphatic carbocycles. The summed E-state index contributed by atoms with van der Waals surface area (Å²) >= 11 is 0. The summed E-state index contributed by atoms with van der Waals surface area (Å²) in [7, 11) is 0. The van der Waals surface area contributed by atoms with Crippen molar-refractivity contribution in [3.05, 3.63) is 5.82 Å². The molecule has 0 aliphatic rings. The predicted octanol–water partition coefficient (Wildman–Crippen LogP) is 1.04. The third-order valence-electron chi connectivity index (χ3n) is 1.65. The van der Waals surface area contributed by atoms with Crippen LogP contribution in [-0.4, -0.2) is 20.2 Å².